The average Bonchev–Trinajstić information content (AvgIpc) is 2.74. The Morgan fingerprint density at radius 3 is 2.55 bits per heavy atom. The van der Waals surface area contributed by atoms with Gasteiger partial charge in [-0.1, -0.05) is 13.8 Å². The molecule has 0 saturated carbocycles. The third-order valence-electron chi connectivity index (χ3n) is 3.42. The van der Waals surface area contributed by atoms with Crippen LogP contribution in [0.3, 0.4) is 0 Å². The topological polar surface area (TPSA) is 114 Å². The summed E-state index contributed by atoms with van der Waals surface area (Å²) in [6.45, 7) is 3.85. The highest BCUT2D eigenvalue weighted by molar-refractivity contribution is 7.89. The van der Waals surface area contributed by atoms with Gasteiger partial charge in [-0.2, -0.15) is 0 Å². The highest BCUT2D eigenvalue weighted by atomic mass is 32.2. The maximum atomic E-state index is 12.1. The minimum absolute atomic E-state index is 0.158. The van der Waals surface area contributed by atoms with Gasteiger partial charge in [-0.15, -0.1) is 0 Å². The molecule has 8 nitrogen and oxygen atoms in total. The maximum Gasteiger partial charge on any atom is 0.329 e. The molecule has 0 radical (unpaired) electrons. The average molecular weight is 327 g/mol. The quantitative estimate of drug-likeness (QED) is 0.732. The van der Waals surface area contributed by atoms with E-state index in [2.05, 4.69) is 15.0 Å². The number of sulfonamides is 1. The summed E-state index contributed by atoms with van der Waals surface area (Å²) in [6, 6.07) is 1.80. The minimum Gasteiger partial charge on any atom is -0.463 e. The van der Waals surface area contributed by atoms with Crippen LogP contribution in [-0.2, 0) is 19.6 Å². The molecule has 0 aliphatic carbocycles. The Bertz CT molecular complexity index is 697. The second-order valence-corrected chi connectivity index (χ2v) is 7.43. The van der Waals surface area contributed by atoms with Gasteiger partial charge in [0.1, 0.15) is 6.04 Å². The second-order valence-electron chi connectivity index (χ2n) is 5.60. The summed E-state index contributed by atoms with van der Waals surface area (Å²) in [5.74, 6) is -1.00. The number of rotatable bonds is 4. The summed E-state index contributed by atoms with van der Waals surface area (Å²) < 4.78 is 30.2. The van der Waals surface area contributed by atoms with E-state index in [1.807, 2.05) is 13.8 Å². The first kappa shape index (κ1) is 16.4. The van der Waals surface area contributed by atoms with Gasteiger partial charge in [-0.25, -0.2) is 22.9 Å². The van der Waals surface area contributed by atoms with Crippen molar-refractivity contribution in [3.05, 3.63) is 23.9 Å². The number of pyridine rings is 1. The molecule has 2 rings (SSSR count). The van der Waals surface area contributed by atoms with Crippen molar-refractivity contribution in [1.29, 1.82) is 0 Å². The molecule has 1 aromatic heterocycles. The number of nitrogens with one attached hydrogen (secondary N) is 2. The number of nitrogens with zero attached hydrogens (tertiary/aromatic N) is 1. The molecule has 120 valence electrons. The van der Waals surface area contributed by atoms with E-state index in [1.165, 1.54) is 19.2 Å². The maximum absolute atomic E-state index is 12.1. The monoisotopic (exact) mass is 327 g/mol. The molecule has 1 amide bonds. The predicted octanol–water partition coefficient (Wildman–Crippen LogP) is -0.329. The van der Waals surface area contributed by atoms with Crippen molar-refractivity contribution in [3.8, 4) is 0 Å². The van der Waals surface area contributed by atoms with E-state index in [0.717, 1.165) is 6.20 Å². The number of hydrogen-bond donors (Lipinski definition) is 2. The Kier molecular flexibility index (Phi) is 4.21. The highest BCUT2D eigenvalue weighted by Crippen LogP contribution is 2.28. The molecule has 22 heavy (non-hydrogen) atoms. The zero-order valence-corrected chi connectivity index (χ0v) is 13.2. The third kappa shape index (κ3) is 3.09. The van der Waals surface area contributed by atoms with E-state index in [0.29, 0.717) is 0 Å². The van der Waals surface area contributed by atoms with Gasteiger partial charge in [0.15, 0.2) is 5.03 Å². The number of carbonyl (C=O) groups is 2. The number of cyclic esters (lactones) is 1. The van der Waals surface area contributed by atoms with Gasteiger partial charge in [0.25, 0.3) is 15.9 Å². The van der Waals surface area contributed by atoms with Crippen molar-refractivity contribution in [2.45, 2.75) is 24.9 Å². The summed E-state index contributed by atoms with van der Waals surface area (Å²) in [5.41, 5.74) is -0.346. The van der Waals surface area contributed by atoms with Crippen molar-refractivity contribution < 1.29 is 22.7 Å². The van der Waals surface area contributed by atoms with E-state index in [1.54, 1.807) is 0 Å². The van der Waals surface area contributed by atoms with E-state index < -0.39 is 33.4 Å². The lowest BCUT2D eigenvalue weighted by molar-refractivity contribution is -0.139. The summed E-state index contributed by atoms with van der Waals surface area (Å²) in [7, 11) is -2.39. The van der Waals surface area contributed by atoms with Crippen LogP contribution < -0.4 is 10.0 Å². The van der Waals surface area contributed by atoms with Crippen molar-refractivity contribution >= 4 is 21.9 Å². The molecule has 1 atom stereocenters. The van der Waals surface area contributed by atoms with Crippen molar-refractivity contribution in [2.75, 3.05) is 13.7 Å². The fourth-order valence-corrected chi connectivity index (χ4v) is 2.64. The van der Waals surface area contributed by atoms with Gasteiger partial charge in [0, 0.05) is 11.6 Å². The van der Waals surface area contributed by atoms with Crippen LogP contribution in [0.4, 0.5) is 0 Å². The van der Waals surface area contributed by atoms with Crippen LogP contribution in [0.1, 0.15) is 24.2 Å². The number of carbonyl (C=O) groups excluding carboxylic acids is 2. The molecule has 2 N–H and O–H groups in total. The molecule has 1 fully saturated rings. The van der Waals surface area contributed by atoms with Crippen molar-refractivity contribution in [3.63, 3.8) is 0 Å². The first-order valence-electron chi connectivity index (χ1n) is 6.54. The van der Waals surface area contributed by atoms with Gasteiger partial charge in [-0.05, 0) is 19.2 Å². The van der Waals surface area contributed by atoms with Crippen LogP contribution in [0.2, 0.25) is 0 Å². The second kappa shape index (κ2) is 5.65. The van der Waals surface area contributed by atoms with E-state index in [9.17, 15) is 18.0 Å². The van der Waals surface area contributed by atoms with Crippen LogP contribution in [-0.4, -0.2) is 45.0 Å². The Labute approximate surface area is 128 Å². The number of aromatic nitrogens is 1. The van der Waals surface area contributed by atoms with Crippen molar-refractivity contribution in [2.24, 2.45) is 5.41 Å². The zero-order chi connectivity index (χ0) is 16.5. The molecule has 1 aromatic rings. The van der Waals surface area contributed by atoms with Crippen LogP contribution in [0.15, 0.2) is 23.4 Å². The Hall–Kier alpha value is -2.00. The number of esters is 1. The van der Waals surface area contributed by atoms with E-state index in [4.69, 9.17) is 4.74 Å². The summed E-state index contributed by atoms with van der Waals surface area (Å²) >= 11 is 0. The predicted molar refractivity (Wildman–Crippen MR) is 76.5 cm³/mol. The molecule has 0 bridgehead atoms. The summed E-state index contributed by atoms with van der Waals surface area (Å²) in [4.78, 5) is 27.5. The molecule has 0 aromatic carbocycles. The first-order chi connectivity index (χ1) is 10.2. The standard InChI is InChI=1S/C13H17N3O5S/c1-13(2)7-21-12(18)10(13)16-11(17)8-4-5-9(15-6-8)22(19,20)14-3/h4-6,10,14H,7H2,1-3H3,(H,16,17). The number of amides is 1. The third-order valence-corrected chi connectivity index (χ3v) is 4.75. The summed E-state index contributed by atoms with van der Waals surface area (Å²) in [6.07, 6.45) is 1.15. The molecule has 9 heteroatoms. The number of ether oxygens (including phenoxy) is 1. The van der Waals surface area contributed by atoms with Crippen LogP contribution in [0.25, 0.3) is 0 Å². The summed E-state index contributed by atoms with van der Waals surface area (Å²) in [5, 5.41) is 2.40. The molecular formula is C13H17N3O5S. The fraction of sp³-hybridized carbons (Fsp3) is 0.462. The normalized spacial score (nSPS) is 20.5. The van der Waals surface area contributed by atoms with Gasteiger partial charge >= 0.3 is 5.97 Å². The lowest BCUT2D eigenvalue weighted by Crippen LogP contribution is -2.46. The SMILES string of the molecule is CNS(=O)(=O)c1ccc(C(=O)NC2C(=O)OCC2(C)C)cn1. The van der Waals surface area contributed by atoms with E-state index in [-0.39, 0.29) is 17.2 Å². The lowest BCUT2D eigenvalue weighted by atomic mass is 9.87. The zero-order valence-electron chi connectivity index (χ0n) is 12.4. The highest BCUT2D eigenvalue weighted by Gasteiger charge is 2.44. The van der Waals surface area contributed by atoms with Crippen LogP contribution >= 0.6 is 0 Å². The Morgan fingerprint density at radius 1 is 1.41 bits per heavy atom. The number of hydrogen-bond acceptors (Lipinski definition) is 6. The smallest absolute Gasteiger partial charge is 0.329 e. The van der Waals surface area contributed by atoms with Crippen molar-refractivity contribution in [1.82, 2.24) is 15.0 Å². The molecular weight excluding hydrogens is 310 g/mol. The first-order valence-corrected chi connectivity index (χ1v) is 8.03. The fourth-order valence-electron chi connectivity index (χ4n) is 1.99. The molecule has 1 unspecified atom stereocenters. The lowest BCUT2D eigenvalue weighted by Gasteiger charge is -2.22. The Morgan fingerprint density at radius 2 is 2.09 bits per heavy atom. The molecule has 2 heterocycles. The largest absolute Gasteiger partial charge is 0.463 e. The van der Waals surface area contributed by atoms with Crippen LogP contribution in [0.5, 0.6) is 0 Å². The van der Waals surface area contributed by atoms with Gasteiger partial charge in [0.05, 0.1) is 12.2 Å². The van der Waals surface area contributed by atoms with Crippen LogP contribution in [0, 0.1) is 5.41 Å². The van der Waals surface area contributed by atoms with Gasteiger partial charge in [0.2, 0.25) is 0 Å². The molecule has 0 spiro atoms. The molecule has 1 saturated heterocycles. The molecule has 1 aliphatic heterocycles. The minimum atomic E-state index is -3.66. The van der Waals surface area contributed by atoms with Gasteiger partial charge in [-0.3, -0.25) is 4.79 Å². The molecule has 1 aliphatic rings. The van der Waals surface area contributed by atoms with E-state index >= 15 is 0 Å². The van der Waals surface area contributed by atoms with Gasteiger partial charge < -0.3 is 10.1 Å². The Balaban J connectivity index is 2.16.